The number of aliphatic hydroxyl groups excluding tert-OH is 4. The number of aliphatic hydroxyl groups is 4. The van der Waals surface area contributed by atoms with Crippen molar-refractivity contribution in [1.29, 1.82) is 0 Å². The molecule has 0 aromatic heterocycles. The molecule has 1 aliphatic heterocycles. The van der Waals surface area contributed by atoms with Gasteiger partial charge in [0, 0.05) is 5.41 Å². The molecule has 6 rings (SSSR count). The minimum absolute atomic E-state index is 0.0456. The predicted octanol–water partition coefficient (Wildman–Crippen LogP) is 4.04. The normalized spacial score (nSPS) is 52.0. The van der Waals surface area contributed by atoms with Crippen LogP contribution in [0.25, 0.3) is 0 Å². The number of aliphatic carboxylic acids is 2. The van der Waals surface area contributed by atoms with Crippen LogP contribution < -0.4 is 0 Å². The molecule has 46 heavy (non-hydrogen) atoms. The van der Waals surface area contributed by atoms with Gasteiger partial charge in [-0.15, -0.1) is 0 Å². The van der Waals surface area contributed by atoms with Crippen LogP contribution >= 0.6 is 0 Å². The van der Waals surface area contributed by atoms with Crippen LogP contribution in [0.4, 0.5) is 0 Å². The smallest absolute Gasteiger partial charge is 0.335 e. The van der Waals surface area contributed by atoms with E-state index in [4.69, 9.17) is 9.47 Å². The van der Waals surface area contributed by atoms with Gasteiger partial charge in [0.2, 0.25) is 0 Å². The molecular formula is C36H54O10. The third kappa shape index (κ3) is 4.35. The molecule has 1 saturated heterocycles. The fraction of sp³-hybridized carbons (Fsp3) is 0.833. The summed E-state index contributed by atoms with van der Waals surface area (Å²) < 4.78 is 11.8. The first-order valence-corrected chi connectivity index (χ1v) is 17.3. The number of hydrogen-bond acceptors (Lipinski definition) is 8. The molecule has 0 aromatic rings. The van der Waals surface area contributed by atoms with Crippen molar-refractivity contribution in [1.82, 2.24) is 0 Å². The summed E-state index contributed by atoms with van der Waals surface area (Å²) in [6.45, 7) is 13.3. The number of carboxylic acid groups (broad SMARTS) is 2. The van der Waals surface area contributed by atoms with Gasteiger partial charge in [-0.2, -0.15) is 0 Å². The van der Waals surface area contributed by atoms with Crippen LogP contribution in [0.3, 0.4) is 0 Å². The lowest BCUT2D eigenvalue weighted by Crippen LogP contribution is -2.66. The van der Waals surface area contributed by atoms with E-state index in [9.17, 15) is 40.2 Å². The maximum absolute atomic E-state index is 12.9. The van der Waals surface area contributed by atoms with Crippen LogP contribution in [-0.2, 0) is 19.1 Å². The molecule has 6 N–H and O–H groups in total. The second-order valence-corrected chi connectivity index (χ2v) is 16.7. The van der Waals surface area contributed by atoms with Gasteiger partial charge in [0.05, 0.1) is 18.1 Å². The molecular weight excluding hydrogens is 592 g/mol. The van der Waals surface area contributed by atoms with Crippen molar-refractivity contribution in [2.45, 2.75) is 136 Å². The highest BCUT2D eigenvalue weighted by Crippen LogP contribution is 2.75. The highest BCUT2D eigenvalue weighted by molar-refractivity contribution is 5.82. The number of ether oxygens (including phenoxy) is 2. The van der Waals surface area contributed by atoms with Gasteiger partial charge in [-0.1, -0.05) is 46.3 Å². The van der Waals surface area contributed by atoms with Crippen molar-refractivity contribution < 1.29 is 49.7 Å². The maximum Gasteiger partial charge on any atom is 0.335 e. The van der Waals surface area contributed by atoms with Gasteiger partial charge in [-0.05, 0) is 110 Å². The lowest BCUT2D eigenvalue weighted by Gasteiger charge is -2.70. The van der Waals surface area contributed by atoms with Crippen LogP contribution in [0.15, 0.2) is 22.8 Å². The Labute approximate surface area is 271 Å². The topological polar surface area (TPSA) is 174 Å². The first kappa shape index (κ1) is 34.1. The molecule has 0 aromatic carbocycles. The first-order chi connectivity index (χ1) is 21.4. The average molecular weight is 647 g/mol. The van der Waals surface area contributed by atoms with Gasteiger partial charge in [-0.3, -0.25) is 4.79 Å². The third-order valence-electron chi connectivity index (χ3n) is 15.0. The van der Waals surface area contributed by atoms with Crippen LogP contribution in [0.2, 0.25) is 0 Å². The summed E-state index contributed by atoms with van der Waals surface area (Å²) in [4.78, 5) is 24.7. The average Bonchev–Trinajstić information content (AvgIpc) is 3.00. The van der Waals surface area contributed by atoms with E-state index >= 15 is 0 Å². The van der Waals surface area contributed by atoms with Crippen LogP contribution in [0.1, 0.15) is 99.3 Å². The first-order valence-electron chi connectivity index (χ1n) is 17.3. The van der Waals surface area contributed by atoms with E-state index in [0.717, 1.165) is 44.1 Å². The third-order valence-corrected chi connectivity index (χ3v) is 15.0. The van der Waals surface area contributed by atoms with E-state index in [0.29, 0.717) is 25.2 Å². The molecule has 14 atom stereocenters. The monoisotopic (exact) mass is 646 g/mol. The van der Waals surface area contributed by atoms with Crippen LogP contribution in [-0.4, -0.2) is 86.0 Å². The molecule has 258 valence electrons. The predicted molar refractivity (Wildman–Crippen MR) is 167 cm³/mol. The molecule has 0 unspecified atom stereocenters. The highest BCUT2D eigenvalue weighted by Gasteiger charge is 2.69. The molecule has 0 amide bonds. The zero-order valence-electron chi connectivity index (χ0n) is 28.2. The SMILES string of the molecule is CC1=C2C3=CC[C@@H]4[C@@]5(C)CC[C@H](O[C@@H]6O[C@H](C(=O)O)[C@@H](O)[C@H](O)[C@H]6O)[C@@](C)(CO)[C@@H]5CC[C@@]4(C)[C@]3(C)CC[C@@]2(C(=O)O)CC[C@@H]1C. The Kier molecular flexibility index (Phi) is 8.22. The van der Waals surface area contributed by atoms with Crippen LogP contribution in [0.5, 0.6) is 0 Å². The van der Waals surface area contributed by atoms with Gasteiger partial charge in [-0.25, -0.2) is 4.79 Å². The number of carbonyl (C=O) groups is 2. The fourth-order valence-electron chi connectivity index (χ4n) is 11.8. The minimum atomic E-state index is -1.80. The zero-order valence-corrected chi connectivity index (χ0v) is 28.2. The van der Waals surface area contributed by atoms with Gasteiger partial charge < -0.3 is 40.1 Å². The fourth-order valence-corrected chi connectivity index (χ4v) is 11.8. The molecule has 4 fully saturated rings. The molecule has 1 heterocycles. The maximum atomic E-state index is 12.9. The molecule has 3 saturated carbocycles. The zero-order chi connectivity index (χ0) is 33.8. The standard InChI is InChI=1S/C36H54O10/c1-18-9-14-36(31(43)44)16-15-34(5)20(24(36)19(18)2)7-8-22-32(3)12-11-23(33(4,17-37)21(32)10-13-35(22,34)6)45-30-27(40)25(38)26(39)28(46-30)29(41)42/h7,18,21-23,25-28,30,37-40H,8-17H2,1-6H3,(H,41,42)(H,43,44)/t18-,21+,22+,23-,25-,26-,27+,28-,30+,32-,33-,34+,35+,36-/m0/s1. The molecule has 5 aliphatic carbocycles. The Morgan fingerprint density at radius 1 is 0.913 bits per heavy atom. The quantitative estimate of drug-likeness (QED) is 0.239. The number of carboxylic acids is 2. The molecule has 10 nitrogen and oxygen atoms in total. The molecule has 0 radical (unpaired) electrons. The summed E-state index contributed by atoms with van der Waals surface area (Å²) in [7, 11) is 0. The van der Waals surface area contributed by atoms with Gasteiger partial charge in [0.25, 0.3) is 0 Å². The molecule has 0 bridgehead atoms. The van der Waals surface area contributed by atoms with E-state index in [2.05, 4.69) is 40.7 Å². The molecule has 0 spiro atoms. The van der Waals surface area contributed by atoms with Crippen molar-refractivity contribution in [2.24, 2.45) is 44.8 Å². The Hall–Kier alpha value is -1.82. The summed E-state index contributed by atoms with van der Waals surface area (Å²) >= 11 is 0. The van der Waals surface area contributed by atoms with Gasteiger partial charge >= 0.3 is 11.9 Å². The molecule has 10 heteroatoms. The van der Waals surface area contributed by atoms with E-state index in [1.165, 1.54) is 11.1 Å². The van der Waals surface area contributed by atoms with Gasteiger partial charge in [0.1, 0.15) is 18.3 Å². The van der Waals surface area contributed by atoms with Crippen molar-refractivity contribution in [3.8, 4) is 0 Å². The summed E-state index contributed by atoms with van der Waals surface area (Å²) in [5, 5.41) is 62.4. The highest BCUT2D eigenvalue weighted by atomic mass is 16.7. The Morgan fingerprint density at radius 3 is 2.24 bits per heavy atom. The second-order valence-electron chi connectivity index (χ2n) is 16.7. The largest absolute Gasteiger partial charge is 0.481 e. The summed E-state index contributed by atoms with van der Waals surface area (Å²) in [5.74, 6) is -1.48. The van der Waals surface area contributed by atoms with Crippen molar-refractivity contribution in [2.75, 3.05) is 6.61 Å². The lowest BCUT2D eigenvalue weighted by molar-refractivity contribution is -0.327. The number of hydrogen-bond donors (Lipinski definition) is 6. The summed E-state index contributed by atoms with van der Waals surface area (Å²) in [6.07, 6.45) is 0.294. The van der Waals surface area contributed by atoms with Crippen molar-refractivity contribution >= 4 is 11.9 Å². The lowest BCUT2D eigenvalue weighted by atomic mass is 9.34. The van der Waals surface area contributed by atoms with Gasteiger partial charge in [0.15, 0.2) is 12.4 Å². The minimum Gasteiger partial charge on any atom is -0.481 e. The number of allylic oxidation sites excluding steroid dienone is 3. The van der Waals surface area contributed by atoms with E-state index in [-0.39, 0.29) is 34.7 Å². The second kappa shape index (κ2) is 11.1. The van der Waals surface area contributed by atoms with E-state index < -0.39 is 59.6 Å². The number of rotatable bonds is 5. The number of fused-ring (bicyclic) bond motifs is 7. The summed E-state index contributed by atoms with van der Waals surface area (Å²) in [5.41, 5.74) is 1.56. The Morgan fingerprint density at radius 2 is 1.61 bits per heavy atom. The van der Waals surface area contributed by atoms with E-state index in [1.54, 1.807) is 0 Å². The van der Waals surface area contributed by atoms with Crippen molar-refractivity contribution in [3.63, 3.8) is 0 Å². The Bertz CT molecular complexity index is 1340. The Balaban J connectivity index is 1.33. The van der Waals surface area contributed by atoms with Crippen LogP contribution in [0, 0.1) is 44.8 Å². The summed E-state index contributed by atoms with van der Waals surface area (Å²) in [6, 6.07) is 0. The van der Waals surface area contributed by atoms with Crippen molar-refractivity contribution in [3.05, 3.63) is 22.8 Å². The molecule has 6 aliphatic rings. The van der Waals surface area contributed by atoms with E-state index in [1.807, 2.05) is 6.92 Å².